The van der Waals surface area contributed by atoms with E-state index in [1.165, 1.54) is 13.2 Å². The molecule has 0 saturated carbocycles. The average molecular weight is 263 g/mol. The molecule has 0 radical (unpaired) electrons. The summed E-state index contributed by atoms with van der Waals surface area (Å²) in [5.74, 6) is 0.570. The van der Waals surface area contributed by atoms with Gasteiger partial charge in [0.15, 0.2) is 11.6 Å². The maximum Gasteiger partial charge on any atom is 0.207 e. The van der Waals surface area contributed by atoms with Crippen molar-refractivity contribution in [3.8, 4) is 5.75 Å². The summed E-state index contributed by atoms with van der Waals surface area (Å²) in [4.78, 5) is 4.39. The minimum atomic E-state index is -0.391. The maximum absolute atomic E-state index is 13.6. The van der Waals surface area contributed by atoms with Crippen LogP contribution in [0.2, 0.25) is 0 Å². The number of methoxy groups -OCH3 is 1. The molecule has 0 saturated heterocycles. The van der Waals surface area contributed by atoms with E-state index in [9.17, 15) is 4.39 Å². The maximum atomic E-state index is 13.6. The van der Waals surface area contributed by atoms with Gasteiger partial charge in [-0.2, -0.15) is 0 Å². The first-order chi connectivity index (χ1) is 9.13. The Kier molecular flexibility index (Phi) is 4.04. The van der Waals surface area contributed by atoms with E-state index in [-0.39, 0.29) is 5.75 Å². The molecule has 2 aromatic rings. The predicted molar refractivity (Wildman–Crippen MR) is 73.5 cm³/mol. The van der Waals surface area contributed by atoms with Crippen molar-refractivity contribution in [2.24, 2.45) is 0 Å². The van der Waals surface area contributed by atoms with E-state index in [0.717, 1.165) is 24.6 Å². The second-order valence-corrected chi connectivity index (χ2v) is 4.37. The highest BCUT2D eigenvalue weighted by Gasteiger charge is 2.08. The fourth-order valence-corrected chi connectivity index (χ4v) is 1.93. The zero-order valence-corrected chi connectivity index (χ0v) is 11.4. The van der Waals surface area contributed by atoms with Crippen molar-refractivity contribution < 1.29 is 9.13 Å². The number of hydrogen-bond acceptors (Lipinski definition) is 3. The number of rotatable bonds is 5. The Morgan fingerprint density at radius 1 is 1.42 bits per heavy atom. The topological polar surface area (TPSA) is 39.1 Å². The Bertz CT molecular complexity index is 566. The second kappa shape index (κ2) is 5.73. The molecule has 4 nitrogen and oxygen atoms in total. The Morgan fingerprint density at radius 3 is 2.84 bits per heavy atom. The molecule has 19 heavy (non-hydrogen) atoms. The highest BCUT2D eigenvalue weighted by atomic mass is 19.1. The molecule has 0 aliphatic carbocycles. The molecule has 5 heteroatoms. The highest BCUT2D eigenvalue weighted by Crippen LogP contribution is 2.23. The average Bonchev–Trinajstić information content (AvgIpc) is 2.70. The van der Waals surface area contributed by atoms with Crippen molar-refractivity contribution in [1.82, 2.24) is 9.55 Å². The molecule has 0 bridgehead atoms. The van der Waals surface area contributed by atoms with Crippen LogP contribution in [0, 0.1) is 12.7 Å². The summed E-state index contributed by atoms with van der Waals surface area (Å²) in [6, 6.07) is 4.76. The van der Waals surface area contributed by atoms with Crippen LogP contribution in [0.5, 0.6) is 5.75 Å². The van der Waals surface area contributed by atoms with Gasteiger partial charge in [0.2, 0.25) is 5.95 Å². The van der Waals surface area contributed by atoms with Crippen molar-refractivity contribution in [2.75, 3.05) is 12.4 Å². The highest BCUT2D eigenvalue weighted by molar-refractivity contribution is 5.55. The van der Waals surface area contributed by atoms with Crippen LogP contribution in [0.1, 0.15) is 19.0 Å². The molecule has 1 heterocycles. The Hall–Kier alpha value is -2.04. The fraction of sp³-hybridized carbons (Fsp3) is 0.357. The van der Waals surface area contributed by atoms with Crippen LogP contribution >= 0.6 is 0 Å². The first kappa shape index (κ1) is 13.4. The summed E-state index contributed by atoms with van der Waals surface area (Å²) in [6.07, 6.45) is 2.99. The Labute approximate surface area is 112 Å². The summed E-state index contributed by atoms with van der Waals surface area (Å²) in [5, 5.41) is 3.13. The zero-order chi connectivity index (χ0) is 13.8. The molecule has 1 N–H and O–H groups in total. The second-order valence-electron chi connectivity index (χ2n) is 4.37. The number of anilines is 2. The van der Waals surface area contributed by atoms with Crippen LogP contribution in [0.25, 0.3) is 0 Å². The minimum absolute atomic E-state index is 0.235. The van der Waals surface area contributed by atoms with E-state index in [1.807, 2.05) is 17.7 Å². The lowest BCUT2D eigenvalue weighted by atomic mass is 10.3. The number of halogens is 1. The first-order valence-electron chi connectivity index (χ1n) is 6.28. The lowest BCUT2D eigenvalue weighted by Gasteiger charge is -2.09. The summed E-state index contributed by atoms with van der Waals surface area (Å²) in [7, 11) is 1.45. The molecule has 0 fully saturated rings. The van der Waals surface area contributed by atoms with Gasteiger partial charge in [-0.1, -0.05) is 6.92 Å². The normalized spacial score (nSPS) is 10.5. The van der Waals surface area contributed by atoms with Crippen molar-refractivity contribution in [3.63, 3.8) is 0 Å². The number of aryl methyl sites for hydroxylation is 2. The minimum Gasteiger partial charge on any atom is -0.494 e. The van der Waals surface area contributed by atoms with Crippen LogP contribution in [-0.2, 0) is 6.54 Å². The largest absolute Gasteiger partial charge is 0.494 e. The predicted octanol–water partition coefficient (Wildman–Crippen LogP) is 3.49. The lowest BCUT2D eigenvalue weighted by molar-refractivity contribution is 0.386. The van der Waals surface area contributed by atoms with Crippen LogP contribution in [-0.4, -0.2) is 16.7 Å². The molecule has 1 aromatic heterocycles. The molecule has 0 amide bonds. The Balaban J connectivity index is 2.23. The molecule has 1 aromatic carbocycles. The number of ether oxygens (including phenoxy) is 1. The molecular formula is C14H18FN3O. The lowest BCUT2D eigenvalue weighted by Crippen LogP contribution is -2.03. The smallest absolute Gasteiger partial charge is 0.207 e. The third kappa shape index (κ3) is 3.05. The monoisotopic (exact) mass is 263 g/mol. The molecule has 0 spiro atoms. The molecule has 2 rings (SSSR count). The standard InChI is InChI=1S/C14H18FN3O/c1-4-7-18-9-10(2)16-14(18)17-11-5-6-13(19-3)12(15)8-11/h5-6,8-9H,4,7H2,1-3H3,(H,16,17). The third-order valence-corrected chi connectivity index (χ3v) is 2.77. The van der Waals surface area contributed by atoms with Crippen LogP contribution in [0.15, 0.2) is 24.4 Å². The molecular weight excluding hydrogens is 245 g/mol. The van der Waals surface area contributed by atoms with Crippen molar-refractivity contribution in [2.45, 2.75) is 26.8 Å². The van der Waals surface area contributed by atoms with Crippen LogP contribution in [0.3, 0.4) is 0 Å². The van der Waals surface area contributed by atoms with E-state index >= 15 is 0 Å². The van der Waals surface area contributed by atoms with Crippen molar-refractivity contribution in [1.29, 1.82) is 0 Å². The quantitative estimate of drug-likeness (QED) is 0.897. The van der Waals surface area contributed by atoms with Crippen molar-refractivity contribution >= 4 is 11.6 Å². The SMILES string of the molecule is CCCn1cc(C)nc1Nc1ccc(OC)c(F)c1. The zero-order valence-electron chi connectivity index (χ0n) is 11.4. The van der Waals surface area contributed by atoms with E-state index < -0.39 is 5.82 Å². The van der Waals surface area contributed by atoms with Gasteiger partial charge in [-0.3, -0.25) is 0 Å². The number of aromatic nitrogens is 2. The number of imidazole rings is 1. The summed E-state index contributed by atoms with van der Waals surface area (Å²) < 4.78 is 20.5. The summed E-state index contributed by atoms with van der Waals surface area (Å²) in [5.41, 5.74) is 1.59. The Morgan fingerprint density at radius 2 is 2.21 bits per heavy atom. The van der Waals surface area contributed by atoms with E-state index in [4.69, 9.17) is 4.74 Å². The van der Waals surface area contributed by atoms with Crippen LogP contribution < -0.4 is 10.1 Å². The number of benzene rings is 1. The van der Waals surface area contributed by atoms with Gasteiger partial charge in [0.05, 0.1) is 12.8 Å². The molecule has 0 aliphatic rings. The van der Waals surface area contributed by atoms with Crippen molar-refractivity contribution in [3.05, 3.63) is 35.9 Å². The third-order valence-electron chi connectivity index (χ3n) is 2.77. The van der Waals surface area contributed by atoms with Gasteiger partial charge >= 0.3 is 0 Å². The number of nitrogens with one attached hydrogen (secondary N) is 1. The molecule has 0 atom stereocenters. The fourth-order valence-electron chi connectivity index (χ4n) is 1.93. The van der Waals surface area contributed by atoms with Gasteiger partial charge in [-0.15, -0.1) is 0 Å². The van der Waals surface area contributed by atoms with E-state index in [0.29, 0.717) is 5.69 Å². The first-order valence-corrected chi connectivity index (χ1v) is 6.28. The van der Waals surface area contributed by atoms with Crippen LogP contribution in [0.4, 0.5) is 16.0 Å². The molecule has 102 valence electrons. The number of nitrogens with zero attached hydrogens (tertiary/aromatic N) is 2. The van der Waals surface area contributed by atoms with Gasteiger partial charge in [0.1, 0.15) is 0 Å². The van der Waals surface area contributed by atoms with E-state index in [1.54, 1.807) is 12.1 Å². The molecule has 0 unspecified atom stereocenters. The van der Waals surface area contributed by atoms with Gasteiger partial charge in [0.25, 0.3) is 0 Å². The van der Waals surface area contributed by atoms with Gasteiger partial charge in [0, 0.05) is 24.5 Å². The summed E-state index contributed by atoms with van der Waals surface area (Å²) in [6.45, 7) is 4.92. The number of hydrogen-bond donors (Lipinski definition) is 1. The molecule has 0 aliphatic heterocycles. The van der Waals surface area contributed by atoms with Gasteiger partial charge in [-0.05, 0) is 25.5 Å². The summed E-state index contributed by atoms with van der Waals surface area (Å²) >= 11 is 0. The van der Waals surface area contributed by atoms with Gasteiger partial charge < -0.3 is 14.6 Å². The van der Waals surface area contributed by atoms with Gasteiger partial charge in [-0.25, -0.2) is 9.37 Å². The van der Waals surface area contributed by atoms with E-state index in [2.05, 4.69) is 17.2 Å².